The second-order valence-electron chi connectivity index (χ2n) is 17.3. The molecule has 1 aliphatic carbocycles. The summed E-state index contributed by atoms with van der Waals surface area (Å²) in [7, 11) is 0. The highest BCUT2D eigenvalue weighted by atomic mass is 16.5. The van der Waals surface area contributed by atoms with Crippen LogP contribution in [-0.4, -0.2) is 23.7 Å². The van der Waals surface area contributed by atoms with E-state index in [1.807, 2.05) is 12.4 Å². The number of rotatable bonds is 3. The SMILES string of the molecule is c1cnc2c(c1)C1(c3cccnc3-2)c2cccc(-n3c4ccccc4c4ccccc43)c2Oc2c(-n3c4ccccc4c4cc(-n5c6ccccc6c6ccccc65)ccc43)cccc21. The predicted octanol–water partition coefficient (Wildman–Crippen LogP) is 14.2. The van der Waals surface area contributed by atoms with Gasteiger partial charge in [0.2, 0.25) is 0 Å². The van der Waals surface area contributed by atoms with Gasteiger partial charge in [-0.3, -0.25) is 9.97 Å². The van der Waals surface area contributed by atoms with Crippen molar-refractivity contribution in [1.82, 2.24) is 23.7 Å². The third-order valence-electron chi connectivity index (χ3n) is 14.2. The first-order valence-corrected chi connectivity index (χ1v) is 22.2. The van der Waals surface area contributed by atoms with Gasteiger partial charge in [0, 0.05) is 61.5 Å². The number of hydrogen-bond donors (Lipinski definition) is 0. The van der Waals surface area contributed by atoms with Crippen LogP contribution in [-0.2, 0) is 5.41 Å². The summed E-state index contributed by atoms with van der Waals surface area (Å²) in [5.74, 6) is 1.61. The van der Waals surface area contributed by atoms with Gasteiger partial charge >= 0.3 is 0 Å². The minimum absolute atomic E-state index is 0.788. The topological polar surface area (TPSA) is 49.8 Å². The van der Waals surface area contributed by atoms with E-state index in [9.17, 15) is 0 Å². The Labute approximate surface area is 372 Å². The maximum absolute atomic E-state index is 7.69. The molecular weight excluding hydrogens is 795 g/mol. The van der Waals surface area contributed by atoms with E-state index in [4.69, 9.17) is 14.7 Å². The van der Waals surface area contributed by atoms with Gasteiger partial charge in [0.25, 0.3) is 0 Å². The van der Waals surface area contributed by atoms with Gasteiger partial charge in [0.15, 0.2) is 11.5 Å². The quantitative estimate of drug-likeness (QED) is 0.178. The van der Waals surface area contributed by atoms with Gasteiger partial charge in [0.1, 0.15) is 0 Å². The lowest BCUT2D eigenvalue weighted by molar-refractivity contribution is 0.433. The lowest BCUT2D eigenvalue weighted by atomic mass is 9.66. The summed E-state index contributed by atoms with van der Waals surface area (Å²) in [6, 6.07) is 72.3. The molecule has 15 rings (SSSR count). The maximum atomic E-state index is 7.69. The number of aromatic nitrogens is 5. The zero-order chi connectivity index (χ0) is 42.4. The average molecular weight is 830 g/mol. The minimum atomic E-state index is -0.788. The largest absolute Gasteiger partial charge is 0.452 e. The first kappa shape index (κ1) is 34.8. The van der Waals surface area contributed by atoms with Crippen LogP contribution in [0.5, 0.6) is 11.5 Å². The van der Waals surface area contributed by atoms with Crippen molar-refractivity contribution in [1.29, 1.82) is 0 Å². The normalized spacial score (nSPS) is 13.5. The van der Waals surface area contributed by atoms with Crippen molar-refractivity contribution in [3.8, 4) is 39.9 Å². The highest BCUT2D eigenvalue weighted by Gasteiger charge is 2.53. The van der Waals surface area contributed by atoms with Crippen molar-refractivity contribution >= 4 is 65.4 Å². The summed E-state index contributed by atoms with van der Waals surface area (Å²) < 4.78 is 14.9. The van der Waals surface area contributed by atoms with Gasteiger partial charge in [-0.05, 0) is 83.9 Å². The highest BCUT2D eigenvalue weighted by molar-refractivity contribution is 6.13. The molecule has 1 aliphatic heterocycles. The van der Waals surface area contributed by atoms with Crippen LogP contribution in [0.1, 0.15) is 22.3 Å². The smallest absolute Gasteiger partial charge is 0.156 e. The molecule has 2 aliphatic rings. The van der Waals surface area contributed by atoms with Gasteiger partial charge in [0.05, 0.1) is 61.3 Å². The van der Waals surface area contributed by atoms with E-state index in [2.05, 4.69) is 214 Å². The molecule has 6 heteroatoms. The lowest BCUT2D eigenvalue weighted by Gasteiger charge is -2.40. The monoisotopic (exact) mass is 829 g/mol. The standard InChI is InChI=1S/C59H35N5O/c1-6-24-47-37(15-1)38-16-2-7-25-48(38)62(47)36-31-32-52-42(35-36)41-19-5-10-28-51(41)64(52)54-30-12-21-46-58(54)65-57-45(59(46)43-22-13-33-60-55(43)56-44(59)23-14-34-61-56)20-11-29-53(57)63-49-26-8-3-17-39(49)40-18-4-9-27-50(40)63/h1-35H. The molecule has 8 aromatic carbocycles. The van der Waals surface area contributed by atoms with Crippen molar-refractivity contribution in [2.75, 3.05) is 0 Å². The first-order valence-electron chi connectivity index (χ1n) is 22.2. The van der Waals surface area contributed by atoms with E-state index in [1.54, 1.807) is 0 Å². The Hall–Kier alpha value is -8.74. The summed E-state index contributed by atoms with van der Waals surface area (Å²) in [6.07, 6.45) is 3.77. The fourth-order valence-corrected chi connectivity index (χ4v) is 11.7. The Kier molecular flexibility index (Phi) is 6.79. The summed E-state index contributed by atoms with van der Waals surface area (Å²) in [5.41, 5.74) is 15.2. The Morgan fingerprint density at radius 2 is 0.708 bits per heavy atom. The number of fused-ring (bicyclic) bond motifs is 18. The Balaban J connectivity index is 1.05. The summed E-state index contributed by atoms with van der Waals surface area (Å²) in [5, 5.41) is 7.22. The van der Waals surface area contributed by atoms with E-state index in [1.165, 1.54) is 43.4 Å². The molecule has 0 fully saturated rings. The number of ether oxygens (including phenoxy) is 1. The van der Waals surface area contributed by atoms with Gasteiger partial charge < -0.3 is 18.4 Å². The minimum Gasteiger partial charge on any atom is -0.452 e. The molecule has 0 saturated heterocycles. The van der Waals surface area contributed by atoms with Gasteiger partial charge in [-0.1, -0.05) is 127 Å². The number of para-hydroxylation sites is 7. The van der Waals surface area contributed by atoms with E-state index in [-0.39, 0.29) is 0 Å². The molecule has 5 aromatic heterocycles. The molecule has 65 heavy (non-hydrogen) atoms. The molecule has 6 heterocycles. The van der Waals surface area contributed by atoms with Crippen molar-refractivity contribution in [2.45, 2.75) is 5.41 Å². The highest BCUT2D eigenvalue weighted by Crippen LogP contribution is 2.63. The van der Waals surface area contributed by atoms with E-state index < -0.39 is 5.41 Å². The zero-order valence-corrected chi connectivity index (χ0v) is 34.9. The third kappa shape index (κ3) is 4.38. The van der Waals surface area contributed by atoms with Gasteiger partial charge in [-0.15, -0.1) is 0 Å². The van der Waals surface area contributed by atoms with E-state index >= 15 is 0 Å². The fraction of sp³-hybridized carbons (Fsp3) is 0.0169. The molecule has 13 aromatic rings. The van der Waals surface area contributed by atoms with Crippen LogP contribution >= 0.6 is 0 Å². The van der Waals surface area contributed by atoms with Crippen molar-refractivity contribution < 1.29 is 4.74 Å². The molecule has 0 N–H and O–H groups in total. The van der Waals surface area contributed by atoms with Crippen LogP contribution in [0.25, 0.3) is 93.9 Å². The van der Waals surface area contributed by atoms with Crippen LogP contribution in [0, 0.1) is 0 Å². The Bertz CT molecular complexity index is 4040. The van der Waals surface area contributed by atoms with Crippen molar-refractivity contribution in [3.63, 3.8) is 0 Å². The van der Waals surface area contributed by atoms with Gasteiger partial charge in [-0.2, -0.15) is 0 Å². The van der Waals surface area contributed by atoms with Gasteiger partial charge in [-0.25, -0.2) is 0 Å². The molecule has 0 unspecified atom stereocenters. The molecule has 0 amide bonds. The molecule has 0 radical (unpaired) electrons. The number of pyridine rings is 2. The van der Waals surface area contributed by atoms with Crippen LogP contribution in [0.3, 0.4) is 0 Å². The summed E-state index contributed by atoms with van der Waals surface area (Å²) in [6.45, 7) is 0. The van der Waals surface area contributed by atoms with E-state index in [0.29, 0.717) is 0 Å². The van der Waals surface area contributed by atoms with Crippen LogP contribution < -0.4 is 4.74 Å². The predicted molar refractivity (Wildman–Crippen MR) is 262 cm³/mol. The third-order valence-corrected chi connectivity index (χ3v) is 14.2. The fourth-order valence-electron chi connectivity index (χ4n) is 11.7. The molecule has 0 bridgehead atoms. The lowest BCUT2D eigenvalue weighted by Crippen LogP contribution is -2.33. The van der Waals surface area contributed by atoms with Crippen LogP contribution in [0.15, 0.2) is 213 Å². The second kappa shape index (κ2) is 12.7. The number of nitrogens with zero attached hydrogens (tertiary/aromatic N) is 5. The molecule has 0 saturated carbocycles. The molecule has 0 atom stereocenters. The van der Waals surface area contributed by atoms with Crippen LogP contribution in [0.2, 0.25) is 0 Å². The molecule has 302 valence electrons. The second-order valence-corrected chi connectivity index (χ2v) is 17.3. The maximum Gasteiger partial charge on any atom is 0.156 e. The average Bonchev–Trinajstić information content (AvgIpc) is 4.08. The molecular formula is C59H35N5O. The Morgan fingerprint density at radius 1 is 0.323 bits per heavy atom. The Morgan fingerprint density at radius 3 is 1.17 bits per heavy atom. The molecule has 6 nitrogen and oxygen atoms in total. The first-order chi connectivity index (χ1) is 32.3. The summed E-state index contributed by atoms with van der Waals surface area (Å²) in [4.78, 5) is 10.1. The summed E-state index contributed by atoms with van der Waals surface area (Å²) >= 11 is 0. The number of benzene rings is 8. The molecule has 1 spiro atoms. The van der Waals surface area contributed by atoms with Crippen molar-refractivity contribution in [2.24, 2.45) is 0 Å². The van der Waals surface area contributed by atoms with E-state index in [0.717, 1.165) is 84.3 Å². The van der Waals surface area contributed by atoms with Crippen molar-refractivity contribution in [3.05, 3.63) is 235 Å². The number of hydrogen-bond acceptors (Lipinski definition) is 3. The zero-order valence-electron chi connectivity index (χ0n) is 34.9. The van der Waals surface area contributed by atoms with Crippen LogP contribution in [0.4, 0.5) is 0 Å².